The van der Waals surface area contributed by atoms with Gasteiger partial charge in [-0.25, -0.2) is 8.42 Å². The summed E-state index contributed by atoms with van der Waals surface area (Å²) in [5, 5.41) is 3.15. The van der Waals surface area contributed by atoms with Gasteiger partial charge in [-0.1, -0.05) is 73.9 Å². The normalized spacial score (nSPS) is 14.7. The highest BCUT2D eigenvalue weighted by Gasteiger charge is 2.34. The largest absolute Gasteiger partial charge is 0.352 e. The molecule has 0 unspecified atom stereocenters. The highest BCUT2D eigenvalue weighted by Crippen LogP contribution is 2.29. The van der Waals surface area contributed by atoms with E-state index in [0.717, 1.165) is 47.9 Å². The summed E-state index contributed by atoms with van der Waals surface area (Å²) < 4.78 is 29.2. The minimum Gasteiger partial charge on any atom is -0.352 e. The minimum atomic E-state index is -4.09. The maximum Gasteiger partial charge on any atom is 0.264 e. The summed E-state index contributed by atoms with van der Waals surface area (Å²) in [6.45, 7) is 7.17. The highest BCUT2D eigenvalue weighted by molar-refractivity contribution is 7.92. The molecule has 1 aliphatic carbocycles. The van der Waals surface area contributed by atoms with Crippen molar-refractivity contribution in [2.45, 2.75) is 83.3 Å². The van der Waals surface area contributed by atoms with Crippen LogP contribution in [0.25, 0.3) is 0 Å². The van der Waals surface area contributed by atoms with Crippen molar-refractivity contribution >= 4 is 27.5 Å². The molecule has 218 valence electrons. The van der Waals surface area contributed by atoms with E-state index in [1.54, 1.807) is 31.2 Å². The minimum absolute atomic E-state index is 0.0963. The molecule has 0 saturated heterocycles. The summed E-state index contributed by atoms with van der Waals surface area (Å²) in [5.74, 6) is -0.664. The van der Waals surface area contributed by atoms with Gasteiger partial charge >= 0.3 is 0 Å². The van der Waals surface area contributed by atoms with E-state index in [0.29, 0.717) is 5.69 Å². The lowest BCUT2D eigenvalue weighted by atomic mass is 9.95. The lowest BCUT2D eigenvalue weighted by molar-refractivity contribution is -0.139. The van der Waals surface area contributed by atoms with Crippen LogP contribution in [-0.2, 0) is 26.2 Å². The van der Waals surface area contributed by atoms with Crippen LogP contribution in [0.15, 0.2) is 77.7 Å². The average molecular weight is 576 g/mol. The molecule has 0 heterocycles. The van der Waals surface area contributed by atoms with Crippen molar-refractivity contribution in [3.8, 4) is 0 Å². The molecule has 1 saturated carbocycles. The molecule has 41 heavy (non-hydrogen) atoms. The van der Waals surface area contributed by atoms with Crippen LogP contribution >= 0.6 is 0 Å². The van der Waals surface area contributed by atoms with Gasteiger partial charge in [-0.15, -0.1) is 0 Å². The molecule has 1 aliphatic rings. The van der Waals surface area contributed by atoms with Crippen LogP contribution < -0.4 is 9.62 Å². The molecule has 3 aromatic rings. The number of carbonyl (C=O) groups excluding carboxylic acids is 2. The van der Waals surface area contributed by atoms with Crippen LogP contribution in [0.1, 0.15) is 61.3 Å². The molecule has 4 rings (SSSR count). The number of nitrogens with one attached hydrogen (secondary N) is 1. The topological polar surface area (TPSA) is 86.8 Å². The zero-order valence-electron chi connectivity index (χ0n) is 24.5. The van der Waals surface area contributed by atoms with Crippen LogP contribution in [0, 0.1) is 20.8 Å². The van der Waals surface area contributed by atoms with E-state index >= 15 is 0 Å². The molecule has 0 bridgehead atoms. The first-order chi connectivity index (χ1) is 19.6. The summed E-state index contributed by atoms with van der Waals surface area (Å²) in [7, 11) is -4.09. The zero-order valence-corrected chi connectivity index (χ0v) is 25.3. The van der Waals surface area contributed by atoms with Gasteiger partial charge in [0.25, 0.3) is 10.0 Å². The van der Waals surface area contributed by atoms with Crippen LogP contribution in [-0.4, -0.2) is 43.8 Å². The van der Waals surface area contributed by atoms with Crippen LogP contribution in [0.2, 0.25) is 0 Å². The van der Waals surface area contributed by atoms with E-state index in [4.69, 9.17) is 0 Å². The quantitative estimate of drug-likeness (QED) is 0.337. The van der Waals surface area contributed by atoms with Gasteiger partial charge in [-0.05, 0) is 81.0 Å². The van der Waals surface area contributed by atoms with E-state index in [2.05, 4.69) is 5.32 Å². The van der Waals surface area contributed by atoms with Gasteiger partial charge in [-0.3, -0.25) is 13.9 Å². The molecule has 8 heteroatoms. The number of carbonyl (C=O) groups is 2. The third-order valence-corrected chi connectivity index (χ3v) is 9.74. The summed E-state index contributed by atoms with van der Waals surface area (Å²) in [6, 6.07) is 20.7. The fourth-order valence-corrected chi connectivity index (χ4v) is 6.84. The summed E-state index contributed by atoms with van der Waals surface area (Å²) in [4.78, 5) is 29.3. The number of sulfonamides is 1. The number of nitrogens with zero attached hydrogens (tertiary/aromatic N) is 2. The SMILES string of the molecule is Cc1ccc(C)c(N(CC(=O)N(Cc2ccccc2C)[C@@H](C)C(=O)NC2CCCCC2)S(=O)(=O)c2ccccc2)c1. The Kier molecular flexibility index (Phi) is 9.86. The fourth-order valence-electron chi connectivity index (χ4n) is 5.34. The fraction of sp³-hybridized carbons (Fsp3) is 0.394. The lowest BCUT2D eigenvalue weighted by Gasteiger charge is -2.34. The van der Waals surface area contributed by atoms with Gasteiger partial charge in [0, 0.05) is 12.6 Å². The number of hydrogen-bond acceptors (Lipinski definition) is 4. The summed E-state index contributed by atoms with van der Waals surface area (Å²) in [5.41, 5.74) is 3.95. The summed E-state index contributed by atoms with van der Waals surface area (Å²) in [6.07, 6.45) is 5.18. The predicted octanol–water partition coefficient (Wildman–Crippen LogP) is 5.67. The third-order valence-electron chi connectivity index (χ3n) is 7.96. The monoisotopic (exact) mass is 575 g/mol. The van der Waals surface area contributed by atoms with Gasteiger partial charge in [0.15, 0.2) is 0 Å². The average Bonchev–Trinajstić information content (AvgIpc) is 2.97. The number of hydrogen-bond donors (Lipinski definition) is 1. The van der Waals surface area contributed by atoms with Gasteiger partial charge < -0.3 is 10.2 Å². The second-order valence-electron chi connectivity index (χ2n) is 11.1. The van der Waals surface area contributed by atoms with E-state index in [9.17, 15) is 18.0 Å². The standard InChI is InChI=1S/C33H41N3O4S/c1-24-19-20-26(3)31(21-24)36(41(39,40)30-17-9-6-10-18-30)23-32(37)35(22-28-14-12-11-13-25(28)2)27(4)33(38)34-29-15-7-5-8-16-29/h6,9-14,17-21,27,29H,5,7-8,15-16,22-23H2,1-4H3,(H,34,38)/t27-/m0/s1. The Morgan fingerprint density at radius 2 is 1.54 bits per heavy atom. The van der Waals surface area contributed by atoms with Gasteiger partial charge in [0.05, 0.1) is 10.6 Å². The third kappa shape index (κ3) is 7.36. The van der Waals surface area contributed by atoms with E-state index in [1.807, 2.05) is 57.2 Å². The first kappa shape index (κ1) is 30.3. The molecule has 0 aliphatic heterocycles. The molecular weight excluding hydrogens is 534 g/mol. The second-order valence-corrected chi connectivity index (χ2v) is 12.9. The van der Waals surface area contributed by atoms with Crippen molar-refractivity contribution in [2.24, 2.45) is 0 Å². The molecule has 2 amide bonds. The Morgan fingerprint density at radius 3 is 2.22 bits per heavy atom. The molecule has 0 radical (unpaired) electrons. The molecule has 1 atom stereocenters. The molecule has 7 nitrogen and oxygen atoms in total. The number of amides is 2. The van der Waals surface area contributed by atoms with E-state index in [1.165, 1.54) is 27.8 Å². The number of rotatable bonds is 10. The van der Waals surface area contributed by atoms with Crippen molar-refractivity contribution < 1.29 is 18.0 Å². The number of benzene rings is 3. The molecular formula is C33H41N3O4S. The first-order valence-electron chi connectivity index (χ1n) is 14.4. The zero-order chi connectivity index (χ0) is 29.6. The van der Waals surface area contributed by atoms with Gasteiger partial charge in [-0.2, -0.15) is 0 Å². The number of aryl methyl sites for hydroxylation is 3. The van der Waals surface area contributed by atoms with Crippen LogP contribution in [0.4, 0.5) is 5.69 Å². The highest BCUT2D eigenvalue weighted by atomic mass is 32.2. The molecule has 1 fully saturated rings. The van der Waals surface area contributed by atoms with Crippen molar-refractivity contribution in [3.63, 3.8) is 0 Å². The molecule has 0 spiro atoms. The molecule has 0 aromatic heterocycles. The smallest absolute Gasteiger partial charge is 0.264 e. The van der Waals surface area contributed by atoms with E-state index < -0.39 is 28.5 Å². The Balaban J connectivity index is 1.71. The van der Waals surface area contributed by atoms with Crippen molar-refractivity contribution in [2.75, 3.05) is 10.8 Å². The number of anilines is 1. The Bertz CT molecular complexity index is 1470. The van der Waals surface area contributed by atoms with Crippen LogP contribution in [0.3, 0.4) is 0 Å². The Hall–Kier alpha value is -3.65. The lowest BCUT2D eigenvalue weighted by Crippen LogP contribution is -2.53. The van der Waals surface area contributed by atoms with E-state index in [-0.39, 0.29) is 23.4 Å². The van der Waals surface area contributed by atoms with Gasteiger partial charge in [0.1, 0.15) is 12.6 Å². The molecule has 3 aromatic carbocycles. The van der Waals surface area contributed by atoms with Crippen molar-refractivity contribution in [3.05, 3.63) is 95.1 Å². The maximum atomic E-state index is 14.2. The van der Waals surface area contributed by atoms with Gasteiger partial charge in [0.2, 0.25) is 11.8 Å². The Labute approximate surface area is 244 Å². The second kappa shape index (κ2) is 13.3. The van der Waals surface area contributed by atoms with Crippen molar-refractivity contribution in [1.29, 1.82) is 0 Å². The summed E-state index contributed by atoms with van der Waals surface area (Å²) >= 11 is 0. The van der Waals surface area contributed by atoms with Crippen molar-refractivity contribution in [1.82, 2.24) is 10.2 Å². The Morgan fingerprint density at radius 1 is 0.878 bits per heavy atom. The predicted molar refractivity (Wildman–Crippen MR) is 163 cm³/mol. The van der Waals surface area contributed by atoms with Crippen LogP contribution in [0.5, 0.6) is 0 Å². The maximum absolute atomic E-state index is 14.2. The first-order valence-corrected chi connectivity index (χ1v) is 15.8. The molecule has 1 N–H and O–H groups in total.